The summed E-state index contributed by atoms with van der Waals surface area (Å²) >= 11 is 0. The predicted octanol–water partition coefficient (Wildman–Crippen LogP) is 3.63. The molecular weight excluding hydrogens is 349 g/mol. The smallest absolute Gasteiger partial charge is 0.359 e. The molecule has 0 bridgehead atoms. The highest BCUT2D eigenvalue weighted by Gasteiger charge is 2.18. The van der Waals surface area contributed by atoms with Crippen LogP contribution in [0.3, 0.4) is 0 Å². The molecule has 0 radical (unpaired) electrons. The number of ether oxygens (including phenoxy) is 1. The van der Waals surface area contributed by atoms with Gasteiger partial charge in [0.25, 0.3) is 5.91 Å². The molecule has 0 atom stereocenters. The number of carbonyl (C=O) groups is 2. The van der Waals surface area contributed by atoms with Crippen molar-refractivity contribution >= 4 is 17.6 Å². The van der Waals surface area contributed by atoms with Gasteiger partial charge < -0.3 is 15.0 Å². The van der Waals surface area contributed by atoms with Crippen LogP contribution in [0.5, 0.6) is 0 Å². The first-order chi connectivity index (χ1) is 12.9. The fourth-order valence-electron chi connectivity index (χ4n) is 2.46. The minimum Gasteiger partial charge on any atom is -0.451 e. The van der Waals surface area contributed by atoms with Crippen LogP contribution in [0.1, 0.15) is 21.7 Å². The number of hydrogen-bond donors (Lipinski definition) is 2. The molecule has 0 saturated carbocycles. The summed E-state index contributed by atoms with van der Waals surface area (Å²) in [6.07, 6.45) is 0. The number of benzene rings is 2. The number of aromatic amines is 1. The van der Waals surface area contributed by atoms with Gasteiger partial charge in [-0.15, -0.1) is 0 Å². The van der Waals surface area contributed by atoms with Gasteiger partial charge in [0.05, 0.1) is 0 Å². The third-order valence-electron chi connectivity index (χ3n) is 3.92. The number of halogens is 1. The van der Waals surface area contributed by atoms with Gasteiger partial charge in [0.15, 0.2) is 12.3 Å². The van der Waals surface area contributed by atoms with Crippen LogP contribution < -0.4 is 5.32 Å². The second-order valence-electron chi connectivity index (χ2n) is 6.01. The Bertz CT molecular complexity index is 983. The summed E-state index contributed by atoms with van der Waals surface area (Å²) < 4.78 is 18.5. The number of nitrogens with one attached hydrogen (secondary N) is 2. The molecule has 0 aliphatic carbocycles. The molecule has 0 aliphatic rings. The molecule has 7 heteroatoms. The molecule has 0 unspecified atom stereocenters. The van der Waals surface area contributed by atoms with E-state index in [1.165, 1.54) is 6.07 Å². The number of aromatic nitrogens is 2. The van der Waals surface area contributed by atoms with E-state index in [0.29, 0.717) is 22.8 Å². The average Bonchev–Trinajstić information content (AvgIpc) is 3.05. The quantitative estimate of drug-likeness (QED) is 0.675. The van der Waals surface area contributed by atoms with Gasteiger partial charge in [0, 0.05) is 16.9 Å². The molecule has 27 heavy (non-hydrogen) atoms. The molecule has 2 N–H and O–H groups in total. The minimum absolute atomic E-state index is 0.114. The second-order valence-corrected chi connectivity index (χ2v) is 6.01. The van der Waals surface area contributed by atoms with Crippen LogP contribution in [-0.2, 0) is 9.53 Å². The molecule has 3 rings (SSSR count). The van der Waals surface area contributed by atoms with Gasteiger partial charge in [-0.3, -0.25) is 4.79 Å². The Balaban J connectivity index is 1.61. The fraction of sp³-hybridized carbons (Fsp3) is 0.150. The Morgan fingerprint density at radius 1 is 1.15 bits per heavy atom. The number of anilines is 1. The molecule has 2 aromatic carbocycles. The first-order valence-corrected chi connectivity index (χ1v) is 8.29. The van der Waals surface area contributed by atoms with Crippen molar-refractivity contribution in [2.75, 3.05) is 11.9 Å². The van der Waals surface area contributed by atoms with Gasteiger partial charge >= 0.3 is 5.97 Å². The summed E-state index contributed by atoms with van der Waals surface area (Å²) in [6.45, 7) is 2.82. The lowest BCUT2D eigenvalue weighted by molar-refractivity contribution is -0.119. The van der Waals surface area contributed by atoms with E-state index in [9.17, 15) is 14.0 Å². The van der Waals surface area contributed by atoms with E-state index in [-0.39, 0.29) is 5.69 Å². The Kier molecular flexibility index (Phi) is 5.30. The van der Waals surface area contributed by atoms with Crippen molar-refractivity contribution in [2.45, 2.75) is 13.8 Å². The van der Waals surface area contributed by atoms with Crippen molar-refractivity contribution in [2.24, 2.45) is 0 Å². The molecule has 1 amide bonds. The molecule has 0 fully saturated rings. The third kappa shape index (κ3) is 4.38. The molecule has 0 saturated heterocycles. The van der Waals surface area contributed by atoms with E-state index < -0.39 is 24.3 Å². The topological polar surface area (TPSA) is 84.1 Å². The molecule has 3 aromatic rings. The highest BCUT2D eigenvalue weighted by Crippen LogP contribution is 2.18. The number of nitrogens with zero attached hydrogens (tertiary/aromatic N) is 1. The summed E-state index contributed by atoms with van der Waals surface area (Å²) in [4.78, 5) is 31.4. The molecule has 6 nitrogen and oxygen atoms in total. The molecule has 1 aromatic heterocycles. The fourth-order valence-corrected chi connectivity index (χ4v) is 2.46. The zero-order chi connectivity index (χ0) is 19.4. The van der Waals surface area contributed by atoms with E-state index >= 15 is 0 Å². The standard InChI is InChI=1S/C20H18FN3O3/c1-12-8-9-15(10-16(12)21)23-17(25)11-27-20(26)18-13(2)22-19(24-18)14-6-4-3-5-7-14/h3-10H,11H2,1-2H3,(H,22,24)(H,23,25). The highest BCUT2D eigenvalue weighted by molar-refractivity contribution is 5.95. The van der Waals surface area contributed by atoms with Gasteiger partial charge in [-0.1, -0.05) is 36.4 Å². The van der Waals surface area contributed by atoms with Crippen molar-refractivity contribution < 1.29 is 18.7 Å². The Labute approximate surface area is 155 Å². The first-order valence-electron chi connectivity index (χ1n) is 8.29. The van der Waals surface area contributed by atoms with E-state index in [2.05, 4.69) is 15.3 Å². The van der Waals surface area contributed by atoms with Gasteiger partial charge in [0.2, 0.25) is 0 Å². The molecule has 0 aliphatic heterocycles. The van der Waals surface area contributed by atoms with E-state index in [1.54, 1.807) is 26.0 Å². The zero-order valence-electron chi connectivity index (χ0n) is 14.9. The van der Waals surface area contributed by atoms with Gasteiger partial charge in [0.1, 0.15) is 11.6 Å². The van der Waals surface area contributed by atoms with Crippen LogP contribution in [0.25, 0.3) is 11.4 Å². The van der Waals surface area contributed by atoms with Crippen LogP contribution in [0.4, 0.5) is 10.1 Å². The zero-order valence-corrected chi connectivity index (χ0v) is 14.9. The molecular formula is C20H18FN3O3. The molecule has 0 spiro atoms. The normalized spacial score (nSPS) is 10.5. The lowest BCUT2D eigenvalue weighted by Crippen LogP contribution is -2.21. The largest absolute Gasteiger partial charge is 0.451 e. The number of rotatable bonds is 5. The monoisotopic (exact) mass is 367 g/mol. The van der Waals surface area contributed by atoms with Crippen molar-refractivity contribution in [1.82, 2.24) is 9.97 Å². The van der Waals surface area contributed by atoms with Gasteiger partial charge in [-0.25, -0.2) is 14.2 Å². The van der Waals surface area contributed by atoms with Crippen LogP contribution in [0.2, 0.25) is 0 Å². The van der Waals surface area contributed by atoms with Crippen LogP contribution in [0.15, 0.2) is 48.5 Å². The summed E-state index contributed by atoms with van der Waals surface area (Å²) in [5, 5.41) is 2.48. The van der Waals surface area contributed by atoms with Gasteiger partial charge in [-0.2, -0.15) is 0 Å². The number of H-pyrrole nitrogens is 1. The number of esters is 1. The Morgan fingerprint density at radius 2 is 1.89 bits per heavy atom. The van der Waals surface area contributed by atoms with E-state index in [4.69, 9.17) is 4.74 Å². The Hall–Kier alpha value is -3.48. The maximum absolute atomic E-state index is 13.5. The van der Waals surface area contributed by atoms with E-state index in [0.717, 1.165) is 5.56 Å². The number of aryl methyl sites for hydroxylation is 2. The van der Waals surface area contributed by atoms with E-state index in [1.807, 2.05) is 30.3 Å². The van der Waals surface area contributed by atoms with Crippen LogP contribution >= 0.6 is 0 Å². The maximum Gasteiger partial charge on any atom is 0.359 e. The second kappa shape index (κ2) is 7.82. The Morgan fingerprint density at radius 3 is 2.59 bits per heavy atom. The van der Waals surface area contributed by atoms with Gasteiger partial charge in [-0.05, 0) is 31.5 Å². The summed E-state index contributed by atoms with van der Waals surface area (Å²) in [6, 6.07) is 13.7. The predicted molar refractivity (Wildman–Crippen MR) is 98.8 cm³/mol. The number of amides is 1. The number of imidazole rings is 1. The lowest BCUT2D eigenvalue weighted by atomic mass is 10.2. The summed E-state index contributed by atoms with van der Waals surface area (Å²) in [5.41, 5.74) is 2.26. The number of carbonyl (C=O) groups excluding carboxylic acids is 2. The molecule has 138 valence electrons. The number of hydrogen-bond acceptors (Lipinski definition) is 4. The van der Waals surface area contributed by atoms with Crippen LogP contribution in [-0.4, -0.2) is 28.5 Å². The minimum atomic E-state index is -0.712. The van der Waals surface area contributed by atoms with Crippen molar-refractivity contribution in [3.8, 4) is 11.4 Å². The lowest BCUT2D eigenvalue weighted by Gasteiger charge is -2.07. The van der Waals surface area contributed by atoms with Crippen molar-refractivity contribution in [1.29, 1.82) is 0 Å². The summed E-state index contributed by atoms with van der Waals surface area (Å²) in [5.74, 6) is -1.16. The first kappa shape index (κ1) is 18.3. The molecule has 1 heterocycles. The summed E-state index contributed by atoms with van der Waals surface area (Å²) in [7, 11) is 0. The van der Waals surface area contributed by atoms with Crippen molar-refractivity contribution in [3.63, 3.8) is 0 Å². The maximum atomic E-state index is 13.5. The van der Waals surface area contributed by atoms with Crippen LogP contribution in [0, 0.1) is 19.7 Å². The third-order valence-corrected chi connectivity index (χ3v) is 3.92. The SMILES string of the molecule is Cc1ccc(NC(=O)COC(=O)c2nc(-c3ccccc3)[nH]c2C)cc1F. The average molecular weight is 367 g/mol. The highest BCUT2D eigenvalue weighted by atomic mass is 19.1. The van der Waals surface area contributed by atoms with Crippen molar-refractivity contribution in [3.05, 3.63) is 71.3 Å².